The number of benzene rings is 3. The van der Waals surface area contributed by atoms with Crippen LogP contribution in [0.15, 0.2) is 83.8 Å². The van der Waals surface area contributed by atoms with Gasteiger partial charge in [0.15, 0.2) is 0 Å². The standard InChI is InChI=1S/C22H21ClN2O4S/c1-2-29-18-12-14-19(15-13-18)30(27,28)25(17-8-4-3-5-9-17)16-22(26)24-21-11-7-6-10-20(21)23/h3-15H,2,16H2,1H3,(H,24,26). The van der Waals surface area contributed by atoms with Gasteiger partial charge in [0.25, 0.3) is 10.0 Å². The van der Waals surface area contributed by atoms with E-state index < -0.39 is 22.5 Å². The minimum Gasteiger partial charge on any atom is -0.494 e. The van der Waals surface area contributed by atoms with Gasteiger partial charge in [-0.1, -0.05) is 41.9 Å². The van der Waals surface area contributed by atoms with E-state index in [2.05, 4.69) is 5.32 Å². The molecule has 3 aromatic rings. The highest BCUT2D eigenvalue weighted by Gasteiger charge is 2.27. The molecule has 0 saturated heterocycles. The molecule has 3 rings (SSSR count). The van der Waals surface area contributed by atoms with Crippen molar-refractivity contribution in [3.63, 3.8) is 0 Å². The highest BCUT2D eigenvalue weighted by Crippen LogP contribution is 2.26. The van der Waals surface area contributed by atoms with Crippen LogP contribution in [-0.4, -0.2) is 27.5 Å². The molecule has 156 valence electrons. The number of halogens is 1. The van der Waals surface area contributed by atoms with Crippen LogP contribution in [0, 0.1) is 0 Å². The second-order valence-electron chi connectivity index (χ2n) is 6.28. The highest BCUT2D eigenvalue weighted by atomic mass is 35.5. The van der Waals surface area contributed by atoms with Gasteiger partial charge in [-0.2, -0.15) is 0 Å². The lowest BCUT2D eigenvalue weighted by molar-refractivity contribution is -0.114. The number of carbonyl (C=O) groups is 1. The quantitative estimate of drug-likeness (QED) is 0.552. The fourth-order valence-corrected chi connectivity index (χ4v) is 4.40. The summed E-state index contributed by atoms with van der Waals surface area (Å²) in [4.78, 5) is 12.7. The predicted molar refractivity (Wildman–Crippen MR) is 119 cm³/mol. The van der Waals surface area contributed by atoms with Crippen LogP contribution in [0.1, 0.15) is 6.92 Å². The molecule has 3 aromatic carbocycles. The number of para-hydroxylation sites is 2. The van der Waals surface area contributed by atoms with E-state index in [1.54, 1.807) is 66.7 Å². The summed E-state index contributed by atoms with van der Waals surface area (Å²) < 4.78 is 33.1. The van der Waals surface area contributed by atoms with E-state index in [4.69, 9.17) is 16.3 Å². The Bertz CT molecular complexity index is 1100. The molecular weight excluding hydrogens is 424 g/mol. The Labute approximate surface area is 181 Å². The fourth-order valence-electron chi connectivity index (χ4n) is 2.79. The number of hydrogen-bond donors (Lipinski definition) is 1. The molecule has 0 aliphatic rings. The van der Waals surface area contributed by atoms with Gasteiger partial charge < -0.3 is 10.1 Å². The second-order valence-corrected chi connectivity index (χ2v) is 8.55. The maximum Gasteiger partial charge on any atom is 0.264 e. The Morgan fingerprint density at radius 2 is 1.60 bits per heavy atom. The zero-order valence-corrected chi connectivity index (χ0v) is 17.9. The van der Waals surface area contributed by atoms with E-state index in [1.807, 2.05) is 6.92 Å². The predicted octanol–water partition coefficient (Wildman–Crippen LogP) is 4.57. The number of nitrogens with zero attached hydrogens (tertiary/aromatic N) is 1. The minimum absolute atomic E-state index is 0.0559. The van der Waals surface area contributed by atoms with E-state index >= 15 is 0 Å². The second kappa shape index (κ2) is 9.65. The minimum atomic E-state index is -4.00. The first-order valence-electron chi connectivity index (χ1n) is 9.27. The molecule has 0 saturated carbocycles. The van der Waals surface area contributed by atoms with Gasteiger partial charge in [0.2, 0.25) is 5.91 Å². The summed E-state index contributed by atoms with van der Waals surface area (Å²) in [6.07, 6.45) is 0. The summed E-state index contributed by atoms with van der Waals surface area (Å²) in [6.45, 7) is 1.91. The molecule has 8 heteroatoms. The number of sulfonamides is 1. The van der Waals surface area contributed by atoms with Crippen molar-refractivity contribution in [3.05, 3.63) is 83.9 Å². The van der Waals surface area contributed by atoms with Gasteiger partial charge in [-0.05, 0) is 55.5 Å². The van der Waals surface area contributed by atoms with E-state index in [9.17, 15) is 13.2 Å². The lowest BCUT2D eigenvalue weighted by Gasteiger charge is -2.24. The Balaban J connectivity index is 1.90. The average molecular weight is 445 g/mol. The van der Waals surface area contributed by atoms with Crippen LogP contribution >= 0.6 is 11.6 Å². The largest absolute Gasteiger partial charge is 0.494 e. The van der Waals surface area contributed by atoms with Gasteiger partial charge in [0.05, 0.1) is 27.9 Å². The van der Waals surface area contributed by atoms with Gasteiger partial charge in [-0.3, -0.25) is 9.10 Å². The molecule has 30 heavy (non-hydrogen) atoms. The molecule has 6 nitrogen and oxygen atoms in total. The third-order valence-electron chi connectivity index (χ3n) is 4.20. The summed E-state index contributed by atoms with van der Waals surface area (Å²) >= 11 is 6.09. The summed E-state index contributed by atoms with van der Waals surface area (Å²) in [5.41, 5.74) is 0.788. The smallest absolute Gasteiger partial charge is 0.264 e. The first kappa shape index (κ1) is 21.7. The molecule has 0 heterocycles. The van der Waals surface area contributed by atoms with Crippen LogP contribution in [-0.2, 0) is 14.8 Å². The molecule has 0 radical (unpaired) electrons. The van der Waals surface area contributed by atoms with Crippen LogP contribution in [0.25, 0.3) is 0 Å². The number of hydrogen-bond acceptors (Lipinski definition) is 4. The van der Waals surface area contributed by atoms with Gasteiger partial charge in [0.1, 0.15) is 12.3 Å². The lowest BCUT2D eigenvalue weighted by Crippen LogP contribution is -2.38. The summed E-state index contributed by atoms with van der Waals surface area (Å²) in [5, 5.41) is 3.03. The van der Waals surface area contributed by atoms with Gasteiger partial charge in [-0.15, -0.1) is 0 Å². The highest BCUT2D eigenvalue weighted by molar-refractivity contribution is 7.92. The molecule has 0 unspecified atom stereocenters. The zero-order valence-electron chi connectivity index (χ0n) is 16.3. The van der Waals surface area contributed by atoms with Gasteiger partial charge >= 0.3 is 0 Å². The van der Waals surface area contributed by atoms with E-state index in [0.29, 0.717) is 28.8 Å². The molecule has 0 spiro atoms. The van der Waals surface area contributed by atoms with Crippen LogP contribution in [0.2, 0.25) is 5.02 Å². The van der Waals surface area contributed by atoms with Crippen molar-refractivity contribution >= 4 is 38.9 Å². The normalized spacial score (nSPS) is 11.0. The Morgan fingerprint density at radius 1 is 0.967 bits per heavy atom. The number of carbonyl (C=O) groups excluding carboxylic acids is 1. The maximum absolute atomic E-state index is 13.3. The summed E-state index contributed by atoms with van der Waals surface area (Å²) in [5.74, 6) is 0.0561. The van der Waals surface area contributed by atoms with Crippen LogP contribution in [0.3, 0.4) is 0 Å². The molecule has 1 amide bonds. The van der Waals surface area contributed by atoms with Crippen molar-refractivity contribution in [1.82, 2.24) is 0 Å². The fraction of sp³-hybridized carbons (Fsp3) is 0.136. The number of amides is 1. The third kappa shape index (κ3) is 5.11. The zero-order chi connectivity index (χ0) is 21.6. The van der Waals surface area contributed by atoms with Crippen LogP contribution in [0.4, 0.5) is 11.4 Å². The van der Waals surface area contributed by atoms with Crippen molar-refractivity contribution in [2.45, 2.75) is 11.8 Å². The third-order valence-corrected chi connectivity index (χ3v) is 6.32. The monoisotopic (exact) mass is 444 g/mol. The Hall–Kier alpha value is -3.03. The van der Waals surface area contributed by atoms with Crippen molar-refractivity contribution in [2.75, 3.05) is 22.8 Å². The van der Waals surface area contributed by atoms with E-state index in [0.717, 1.165) is 4.31 Å². The van der Waals surface area contributed by atoms with Crippen LogP contribution < -0.4 is 14.4 Å². The summed E-state index contributed by atoms with van der Waals surface area (Å²) in [7, 11) is -4.00. The number of nitrogens with one attached hydrogen (secondary N) is 1. The SMILES string of the molecule is CCOc1ccc(S(=O)(=O)N(CC(=O)Nc2ccccc2Cl)c2ccccc2)cc1. The Kier molecular flexibility index (Phi) is 6.97. The maximum atomic E-state index is 13.3. The molecule has 0 bridgehead atoms. The molecule has 0 aromatic heterocycles. The molecular formula is C22H21ClN2O4S. The molecule has 0 aliphatic carbocycles. The van der Waals surface area contributed by atoms with Crippen LogP contribution in [0.5, 0.6) is 5.75 Å². The van der Waals surface area contributed by atoms with Crippen molar-refractivity contribution in [1.29, 1.82) is 0 Å². The van der Waals surface area contributed by atoms with E-state index in [1.165, 1.54) is 12.1 Å². The molecule has 1 N–H and O–H groups in total. The summed E-state index contributed by atoms with van der Waals surface area (Å²) in [6, 6.07) is 21.3. The van der Waals surface area contributed by atoms with Crippen molar-refractivity contribution < 1.29 is 17.9 Å². The molecule has 0 aliphatic heterocycles. The number of rotatable bonds is 8. The van der Waals surface area contributed by atoms with Crippen molar-refractivity contribution in [2.24, 2.45) is 0 Å². The topological polar surface area (TPSA) is 75.7 Å². The number of anilines is 2. The first-order valence-corrected chi connectivity index (χ1v) is 11.1. The van der Waals surface area contributed by atoms with Crippen molar-refractivity contribution in [3.8, 4) is 5.75 Å². The van der Waals surface area contributed by atoms with E-state index in [-0.39, 0.29) is 4.90 Å². The average Bonchev–Trinajstić information content (AvgIpc) is 2.75. The Morgan fingerprint density at radius 3 is 2.23 bits per heavy atom. The first-order chi connectivity index (χ1) is 14.4. The number of ether oxygens (including phenoxy) is 1. The molecule has 0 atom stereocenters. The molecule has 0 fully saturated rings. The van der Waals surface area contributed by atoms with Gasteiger partial charge in [0, 0.05) is 0 Å². The van der Waals surface area contributed by atoms with Gasteiger partial charge in [-0.25, -0.2) is 8.42 Å². The lowest BCUT2D eigenvalue weighted by atomic mass is 10.3.